The molecule has 1 fully saturated rings. The van der Waals surface area contributed by atoms with Gasteiger partial charge in [0.2, 0.25) is 0 Å². The minimum Gasteiger partial charge on any atom is -0.394 e. The third-order valence-electron chi connectivity index (χ3n) is 1.68. The zero-order valence-electron chi connectivity index (χ0n) is 5.52. The van der Waals surface area contributed by atoms with Crippen LogP contribution in [0.5, 0.6) is 0 Å². The van der Waals surface area contributed by atoms with E-state index in [1.807, 2.05) is 13.2 Å². The third-order valence-corrected chi connectivity index (χ3v) is 1.68. The molecule has 1 N–H and O–H groups in total. The molecule has 0 aromatic carbocycles. The van der Waals surface area contributed by atoms with Gasteiger partial charge in [0.1, 0.15) is 0 Å². The van der Waals surface area contributed by atoms with Crippen molar-refractivity contribution in [2.24, 2.45) is 11.8 Å². The first-order chi connectivity index (χ1) is 3.84. The van der Waals surface area contributed by atoms with Crippen LogP contribution in [-0.4, -0.2) is 7.05 Å². The SMILES string of the molecule is CN/C=C\C1CC1C. The van der Waals surface area contributed by atoms with Crippen molar-refractivity contribution in [1.29, 1.82) is 0 Å². The van der Waals surface area contributed by atoms with E-state index in [2.05, 4.69) is 18.3 Å². The molecular weight excluding hydrogens is 98.1 g/mol. The van der Waals surface area contributed by atoms with E-state index in [9.17, 15) is 0 Å². The fourth-order valence-electron chi connectivity index (χ4n) is 0.839. The largest absolute Gasteiger partial charge is 0.394 e. The fraction of sp³-hybridized carbons (Fsp3) is 0.714. The molecular formula is C7H13N. The maximum absolute atomic E-state index is 2.98. The highest BCUT2D eigenvalue weighted by molar-refractivity contribution is 4.98. The third kappa shape index (κ3) is 1.25. The molecule has 2 unspecified atom stereocenters. The van der Waals surface area contributed by atoms with E-state index in [1.54, 1.807) is 0 Å². The van der Waals surface area contributed by atoms with Crippen LogP contribution in [0.25, 0.3) is 0 Å². The molecule has 2 atom stereocenters. The van der Waals surface area contributed by atoms with Gasteiger partial charge < -0.3 is 5.32 Å². The van der Waals surface area contributed by atoms with Crippen LogP contribution >= 0.6 is 0 Å². The summed E-state index contributed by atoms with van der Waals surface area (Å²) in [6.07, 6.45) is 5.65. The highest BCUT2D eigenvalue weighted by Crippen LogP contribution is 2.38. The molecule has 0 saturated heterocycles. The minimum atomic E-state index is 0.877. The van der Waals surface area contributed by atoms with Crippen LogP contribution in [0, 0.1) is 11.8 Å². The van der Waals surface area contributed by atoms with Gasteiger partial charge in [-0.2, -0.15) is 0 Å². The summed E-state index contributed by atoms with van der Waals surface area (Å²) in [6.45, 7) is 2.28. The van der Waals surface area contributed by atoms with E-state index in [4.69, 9.17) is 0 Å². The van der Waals surface area contributed by atoms with E-state index in [0.29, 0.717) is 0 Å². The van der Waals surface area contributed by atoms with Crippen molar-refractivity contribution in [1.82, 2.24) is 5.32 Å². The van der Waals surface area contributed by atoms with Gasteiger partial charge in [0.25, 0.3) is 0 Å². The average Bonchev–Trinajstić information content (AvgIpc) is 2.42. The van der Waals surface area contributed by atoms with Crippen LogP contribution < -0.4 is 5.32 Å². The Bertz CT molecular complexity index is 96.6. The highest BCUT2D eigenvalue weighted by Gasteiger charge is 2.29. The van der Waals surface area contributed by atoms with Crippen molar-refractivity contribution in [2.75, 3.05) is 7.05 Å². The second-order valence-corrected chi connectivity index (χ2v) is 2.52. The lowest BCUT2D eigenvalue weighted by Crippen LogP contribution is -1.91. The lowest BCUT2D eigenvalue weighted by Gasteiger charge is -1.83. The Morgan fingerprint density at radius 2 is 2.25 bits per heavy atom. The van der Waals surface area contributed by atoms with Gasteiger partial charge in [-0.25, -0.2) is 0 Å². The molecule has 0 heterocycles. The summed E-state index contributed by atoms with van der Waals surface area (Å²) in [7, 11) is 1.93. The summed E-state index contributed by atoms with van der Waals surface area (Å²) < 4.78 is 0. The second kappa shape index (κ2) is 2.21. The predicted molar refractivity (Wildman–Crippen MR) is 35.5 cm³/mol. The molecule has 46 valence electrons. The molecule has 1 saturated carbocycles. The Hall–Kier alpha value is -0.460. The summed E-state index contributed by atoms with van der Waals surface area (Å²) in [5.74, 6) is 1.82. The van der Waals surface area contributed by atoms with Gasteiger partial charge >= 0.3 is 0 Å². The number of hydrogen-bond donors (Lipinski definition) is 1. The molecule has 1 heteroatoms. The highest BCUT2D eigenvalue weighted by atomic mass is 14.8. The molecule has 0 bridgehead atoms. The van der Waals surface area contributed by atoms with Crippen molar-refractivity contribution in [3.8, 4) is 0 Å². The van der Waals surface area contributed by atoms with Crippen LogP contribution in [0.2, 0.25) is 0 Å². The molecule has 1 aliphatic carbocycles. The maximum Gasteiger partial charge on any atom is 0.00276 e. The molecule has 0 spiro atoms. The molecule has 0 aromatic heterocycles. The zero-order chi connectivity index (χ0) is 5.98. The summed E-state index contributed by atoms with van der Waals surface area (Å²) >= 11 is 0. The Kier molecular flexibility index (Phi) is 1.56. The summed E-state index contributed by atoms with van der Waals surface area (Å²) in [5, 5.41) is 2.98. The summed E-state index contributed by atoms with van der Waals surface area (Å²) in [6, 6.07) is 0. The average molecular weight is 111 g/mol. The first kappa shape index (κ1) is 5.67. The molecule has 0 amide bonds. The monoisotopic (exact) mass is 111 g/mol. The summed E-state index contributed by atoms with van der Waals surface area (Å²) in [4.78, 5) is 0. The number of hydrogen-bond acceptors (Lipinski definition) is 1. The van der Waals surface area contributed by atoms with Gasteiger partial charge in [-0.05, 0) is 24.5 Å². The van der Waals surface area contributed by atoms with E-state index in [1.165, 1.54) is 6.42 Å². The molecule has 1 rings (SSSR count). The van der Waals surface area contributed by atoms with E-state index < -0.39 is 0 Å². The molecule has 1 aliphatic rings. The molecule has 0 radical (unpaired) electrons. The van der Waals surface area contributed by atoms with Crippen LogP contribution in [0.1, 0.15) is 13.3 Å². The lowest BCUT2D eigenvalue weighted by atomic mass is 10.3. The quantitative estimate of drug-likeness (QED) is 0.567. The standard InChI is InChI=1S/C7H13N/c1-6-5-7(6)3-4-8-2/h3-4,6-8H,5H2,1-2H3/b4-3-. The Morgan fingerprint density at radius 1 is 1.62 bits per heavy atom. The van der Waals surface area contributed by atoms with Crippen molar-refractivity contribution in [2.45, 2.75) is 13.3 Å². The predicted octanol–water partition coefficient (Wildman–Crippen LogP) is 1.38. The minimum absolute atomic E-state index is 0.877. The van der Waals surface area contributed by atoms with Gasteiger partial charge in [-0.1, -0.05) is 13.0 Å². The Labute approximate surface area is 50.8 Å². The molecule has 8 heavy (non-hydrogen) atoms. The number of rotatable bonds is 2. The Morgan fingerprint density at radius 3 is 2.62 bits per heavy atom. The van der Waals surface area contributed by atoms with Crippen LogP contribution in [-0.2, 0) is 0 Å². The molecule has 1 nitrogen and oxygen atoms in total. The van der Waals surface area contributed by atoms with Gasteiger partial charge in [0, 0.05) is 7.05 Å². The topological polar surface area (TPSA) is 12.0 Å². The van der Waals surface area contributed by atoms with Crippen molar-refractivity contribution in [3.63, 3.8) is 0 Å². The van der Waals surface area contributed by atoms with E-state index in [0.717, 1.165) is 11.8 Å². The lowest BCUT2D eigenvalue weighted by molar-refractivity contribution is 0.890. The molecule has 0 aromatic rings. The zero-order valence-corrected chi connectivity index (χ0v) is 5.52. The molecule has 0 aliphatic heterocycles. The number of nitrogens with one attached hydrogen (secondary N) is 1. The Balaban J connectivity index is 2.12. The van der Waals surface area contributed by atoms with E-state index in [-0.39, 0.29) is 0 Å². The summed E-state index contributed by atoms with van der Waals surface area (Å²) in [5.41, 5.74) is 0. The first-order valence-electron chi connectivity index (χ1n) is 3.18. The van der Waals surface area contributed by atoms with Gasteiger partial charge in [0.05, 0.1) is 0 Å². The van der Waals surface area contributed by atoms with Gasteiger partial charge in [-0.15, -0.1) is 0 Å². The van der Waals surface area contributed by atoms with Crippen molar-refractivity contribution >= 4 is 0 Å². The van der Waals surface area contributed by atoms with Crippen LogP contribution in [0.15, 0.2) is 12.3 Å². The fourth-order valence-corrected chi connectivity index (χ4v) is 0.839. The van der Waals surface area contributed by atoms with Crippen molar-refractivity contribution < 1.29 is 0 Å². The van der Waals surface area contributed by atoms with Crippen LogP contribution in [0.4, 0.5) is 0 Å². The van der Waals surface area contributed by atoms with E-state index >= 15 is 0 Å². The first-order valence-corrected chi connectivity index (χ1v) is 3.18. The smallest absolute Gasteiger partial charge is 0.00276 e. The van der Waals surface area contributed by atoms with Crippen molar-refractivity contribution in [3.05, 3.63) is 12.3 Å². The van der Waals surface area contributed by atoms with Gasteiger partial charge in [0.15, 0.2) is 0 Å². The van der Waals surface area contributed by atoms with Gasteiger partial charge in [-0.3, -0.25) is 0 Å². The van der Waals surface area contributed by atoms with Crippen LogP contribution in [0.3, 0.4) is 0 Å². The number of allylic oxidation sites excluding steroid dienone is 1. The second-order valence-electron chi connectivity index (χ2n) is 2.52. The normalized spacial score (nSPS) is 35.8. The maximum atomic E-state index is 2.98.